The summed E-state index contributed by atoms with van der Waals surface area (Å²) in [7, 11) is -1.26. The average Bonchev–Trinajstić information content (AvgIpc) is 2.83. The van der Waals surface area contributed by atoms with Crippen molar-refractivity contribution >= 4 is 33.2 Å². The largest absolute Gasteiger partial charge is 0.495 e. The number of rotatable bonds is 10. The Morgan fingerprint density at radius 2 is 1.60 bits per heavy atom. The summed E-state index contributed by atoms with van der Waals surface area (Å²) in [4.78, 5) is 13.3. The number of amides is 1. The van der Waals surface area contributed by atoms with Crippen molar-refractivity contribution in [2.75, 3.05) is 19.5 Å². The number of sulfonamides is 1. The molecule has 35 heavy (non-hydrogen) atoms. The number of methoxy groups -OCH3 is 2. The lowest BCUT2D eigenvalue weighted by Gasteiger charge is -2.21. The van der Waals surface area contributed by atoms with Crippen LogP contribution in [-0.4, -0.2) is 34.6 Å². The first kappa shape index (κ1) is 26.5. The van der Waals surface area contributed by atoms with Crippen LogP contribution >= 0.6 is 11.6 Å². The number of anilines is 1. The highest BCUT2D eigenvalue weighted by atomic mass is 35.5. The van der Waals surface area contributed by atoms with Gasteiger partial charge in [0.15, 0.2) is 0 Å². The Hall–Kier alpha value is -3.07. The minimum atomic E-state index is -4.13. The Balaban J connectivity index is 1.98. The van der Waals surface area contributed by atoms with Gasteiger partial charge >= 0.3 is 0 Å². The van der Waals surface area contributed by atoms with Crippen molar-refractivity contribution in [1.82, 2.24) is 4.72 Å². The van der Waals surface area contributed by atoms with E-state index in [9.17, 15) is 13.2 Å². The van der Waals surface area contributed by atoms with E-state index in [1.54, 1.807) is 30.3 Å². The number of carbonyl (C=O) groups is 1. The van der Waals surface area contributed by atoms with E-state index in [4.69, 9.17) is 21.1 Å². The number of benzene rings is 3. The van der Waals surface area contributed by atoms with Gasteiger partial charge in [0, 0.05) is 5.02 Å². The third-order valence-electron chi connectivity index (χ3n) is 5.46. The third-order valence-corrected chi connectivity index (χ3v) is 7.19. The molecular weight excluding hydrogens is 488 g/mol. The van der Waals surface area contributed by atoms with Gasteiger partial charge in [-0.3, -0.25) is 4.79 Å². The zero-order valence-corrected chi connectivity index (χ0v) is 21.6. The van der Waals surface area contributed by atoms with Gasteiger partial charge in [0.2, 0.25) is 15.9 Å². The first-order valence-electron chi connectivity index (χ1n) is 11.0. The van der Waals surface area contributed by atoms with Crippen molar-refractivity contribution < 1.29 is 22.7 Å². The molecule has 1 amide bonds. The van der Waals surface area contributed by atoms with Crippen molar-refractivity contribution in [3.05, 3.63) is 82.9 Å². The number of nitrogens with one attached hydrogen (secondary N) is 2. The molecule has 3 aromatic rings. The Kier molecular flexibility index (Phi) is 8.77. The van der Waals surface area contributed by atoms with Crippen LogP contribution in [0.5, 0.6) is 11.5 Å². The van der Waals surface area contributed by atoms with Gasteiger partial charge in [-0.2, -0.15) is 4.72 Å². The van der Waals surface area contributed by atoms with E-state index >= 15 is 0 Å². The lowest BCUT2D eigenvalue weighted by atomic mass is 10.0. The highest BCUT2D eigenvalue weighted by Crippen LogP contribution is 2.30. The molecule has 0 aliphatic carbocycles. The van der Waals surface area contributed by atoms with Crippen LogP contribution in [0.25, 0.3) is 0 Å². The predicted molar refractivity (Wildman–Crippen MR) is 138 cm³/mol. The standard InChI is InChI=1S/C26H29ClN2O5S/c1-17(2)19-10-12-24(34-4)25(15-19)35(31,32)29-22(14-18-8-6-5-7-9-18)26(30)28-21-16-20(27)11-13-23(21)33-3/h5-13,15-17,22,29H,14H2,1-4H3,(H,28,30). The van der Waals surface area contributed by atoms with Crippen LogP contribution in [0.1, 0.15) is 30.9 Å². The second-order valence-electron chi connectivity index (χ2n) is 8.26. The zero-order chi connectivity index (χ0) is 25.6. The monoisotopic (exact) mass is 516 g/mol. The second kappa shape index (κ2) is 11.6. The summed E-state index contributed by atoms with van der Waals surface area (Å²) in [6.07, 6.45) is 0.126. The average molecular weight is 517 g/mol. The smallest absolute Gasteiger partial charge is 0.245 e. The molecule has 0 aromatic heterocycles. The third kappa shape index (κ3) is 6.75. The van der Waals surface area contributed by atoms with Crippen LogP contribution in [0, 0.1) is 0 Å². The molecule has 1 atom stereocenters. The van der Waals surface area contributed by atoms with Crippen molar-refractivity contribution in [2.24, 2.45) is 0 Å². The molecular formula is C26H29ClN2O5S. The van der Waals surface area contributed by atoms with E-state index in [2.05, 4.69) is 10.0 Å². The van der Waals surface area contributed by atoms with Crippen molar-refractivity contribution in [2.45, 2.75) is 37.1 Å². The summed E-state index contributed by atoms with van der Waals surface area (Å²) in [6.45, 7) is 3.94. The number of hydrogen-bond donors (Lipinski definition) is 2. The molecule has 0 heterocycles. The molecule has 186 valence electrons. The molecule has 0 radical (unpaired) electrons. The summed E-state index contributed by atoms with van der Waals surface area (Å²) in [5.74, 6) is 0.137. The molecule has 0 bridgehead atoms. The van der Waals surface area contributed by atoms with Gasteiger partial charge in [0.25, 0.3) is 0 Å². The fourth-order valence-electron chi connectivity index (χ4n) is 3.55. The maximum Gasteiger partial charge on any atom is 0.245 e. The number of carbonyl (C=O) groups excluding carboxylic acids is 1. The van der Waals surface area contributed by atoms with Gasteiger partial charge in [0.1, 0.15) is 22.4 Å². The van der Waals surface area contributed by atoms with Gasteiger partial charge in [-0.1, -0.05) is 61.8 Å². The Bertz CT molecular complexity index is 1280. The van der Waals surface area contributed by atoms with E-state index in [0.29, 0.717) is 16.5 Å². The van der Waals surface area contributed by atoms with Gasteiger partial charge in [0.05, 0.1) is 19.9 Å². The topological polar surface area (TPSA) is 93.7 Å². The predicted octanol–water partition coefficient (Wildman–Crippen LogP) is 5.01. The normalized spacial score (nSPS) is 12.3. The van der Waals surface area contributed by atoms with Gasteiger partial charge in [-0.05, 0) is 53.8 Å². The van der Waals surface area contributed by atoms with Gasteiger partial charge < -0.3 is 14.8 Å². The fourth-order valence-corrected chi connectivity index (χ4v) is 5.12. The second-order valence-corrected chi connectivity index (χ2v) is 10.4. The van der Waals surface area contributed by atoms with E-state index in [0.717, 1.165) is 11.1 Å². The lowest BCUT2D eigenvalue weighted by Crippen LogP contribution is -2.45. The van der Waals surface area contributed by atoms with Gasteiger partial charge in [-0.25, -0.2) is 8.42 Å². The molecule has 0 aliphatic heterocycles. The number of hydrogen-bond acceptors (Lipinski definition) is 5. The Morgan fingerprint density at radius 1 is 0.943 bits per heavy atom. The summed E-state index contributed by atoms with van der Waals surface area (Å²) in [6, 6.07) is 17.8. The van der Waals surface area contributed by atoms with Gasteiger partial charge in [-0.15, -0.1) is 0 Å². The molecule has 3 aromatic carbocycles. The maximum absolute atomic E-state index is 13.5. The number of ether oxygens (including phenoxy) is 2. The summed E-state index contributed by atoms with van der Waals surface area (Å²) < 4.78 is 40.2. The molecule has 0 spiro atoms. The van der Waals surface area contributed by atoms with Crippen LogP contribution in [0.15, 0.2) is 71.6 Å². The van der Waals surface area contributed by atoms with Crippen LogP contribution in [-0.2, 0) is 21.2 Å². The van der Waals surface area contributed by atoms with Crippen LogP contribution in [0.4, 0.5) is 5.69 Å². The van der Waals surface area contributed by atoms with Crippen LogP contribution < -0.4 is 19.5 Å². The summed E-state index contributed by atoms with van der Waals surface area (Å²) >= 11 is 6.09. The van der Waals surface area contributed by atoms with E-state index < -0.39 is 22.0 Å². The molecule has 7 nitrogen and oxygen atoms in total. The summed E-state index contributed by atoms with van der Waals surface area (Å²) in [5.41, 5.74) is 1.96. The molecule has 0 aliphatic rings. The minimum absolute atomic E-state index is 0.0302. The van der Waals surface area contributed by atoms with Crippen molar-refractivity contribution in [1.29, 1.82) is 0 Å². The van der Waals surface area contributed by atoms with E-state index in [1.807, 2.05) is 50.2 Å². The highest BCUT2D eigenvalue weighted by molar-refractivity contribution is 7.89. The molecule has 3 rings (SSSR count). The molecule has 9 heteroatoms. The molecule has 0 saturated carbocycles. The van der Waals surface area contributed by atoms with E-state index in [-0.39, 0.29) is 23.0 Å². The zero-order valence-electron chi connectivity index (χ0n) is 20.0. The van der Waals surface area contributed by atoms with Crippen LogP contribution in [0.2, 0.25) is 5.02 Å². The first-order valence-corrected chi connectivity index (χ1v) is 12.9. The highest BCUT2D eigenvalue weighted by Gasteiger charge is 2.29. The molecule has 0 fully saturated rings. The SMILES string of the molecule is COc1ccc(Cl)cc1NC(=O)C(Cc1ccccc1)NS(=O)(=O)c1cc(C(C)C)ccc1OC. The number of halogens is 1. The van der Waals surface area contributed by atoms with Crippen LogP contribution in [0.3, 0.4) is 0 Å². The lowest BCUT2D eigenvalue weighted by molar-refractivity contribution is -0.117. The fraction of sp³-hybridized carbons (Fsp3) is 0.269. The Labute approximate surface area is 211 Å². The minimum Gasteiger partial charge on any atom is -0.495 e. The molecule has 0 saturated heterocycles. The maximum atomic E-state index is 13.5. The molecule has 1 unspecified atom stereocenters. The quantitative estimate of drug-likeness (QED) is 0.395. The van der Waals surface area contributed by atoms with Crippen molar-refractivity contribution in [3.63, 3.8) is 0 Å². The molecule has 2 N–H and O–H groups in total. The van der Waals surface area contributed by atoms with Crippen molar-refractivity contribution in [3.8, 4) is 11.5 Å². The first-order chi connectivity index (χ1) is 16.6. The van der Waals surface area contributed by atoms with E-state index in [1.165, 1.54) is 14.2 Å². The summed E-state index contributed by atoms with van der Waals surface area (Å²) in [5, 5.41) is 3.15. The Morgan fingerprint density at radius 3 is 2.23 bits per heavy atom.